The predicted molar refractivity (Wildman–Crippen MR) is 66.0 cm³/mol. The monoisotopic (exact) mass is 282 g/mol. The molecule has 0 aliphatic rings. The molecule has 0 aliphatic carbocycles. The maximum Gasteiger partial charge on any atom is 0.416 e. The number of halogens is 4. The molecule has 104 valence electrons. The molecule has 2 aromatic carbocycles. The van der Waals surface area contributed by atoms with Crippen molar-refractivity contribution in [3.63, 3.8) is 0 Å². The molecule has 0 heterocycles. The smallest absolute Gasteiger partial charge is 0.288 e. The quantitative estimate of drug-likeness (QED) is 0.590. The summed E-state index contributed by atoms with van der Waals surface area (Å²) in [6.07, 6.45) is -4.46. The highest BCUT2D eigenvalue weighted by Gasteiger charge is 2.30. The van der Waals surface area contributed by atoms with Gasteiger partial charge in [-0.3, -0.25) is 4.79 Å². The van der Waals surface area contributed by atoms with Gasteiger partial charge < -0.3 is 0 Å². The van der Waals surface area contributed by atoms with Gasteiger partial charge in [0.2, 0.25) is 0 Å². The second kappa shape index (κ2) is 5.07. The van der Waals surface area contributed by atoms with Crippen molar-refractivity contribution in [3.8, 4) is 0 Å². The van der Waals surface area contributed by atoms with Crippen LogP contribution in [-0.4, -0.2) is 5.78 Å². The average Bonchev–Trinajstić information content (AvgIpc) is 2.40. The molecule has 2 rings (SSSR count). The molecule has 0 radical (unpaired) electrons. The second-order valence-corrected chi connectivity index (χ2v) is 4.39. The highest BCUT2D eigenvalue weighted by Crippen LogP contribution is 2.29. The van der Waals surface area contributed by atoms with Crippen LogP contribution in [0.2, 0.25) is 0 Å². The minimum Gasteiger partial charge on any atom is -0.288 e. The van der Waals surface area contributed by atoms with E-state index in [0.29, 0.717) is 5.56 Å². The highest BCUT2D eigenvalue weighted by molar-refractivity contribution is 6.09. The molecule has 0 bridgehead atoms. The Labute approximate surface area is 112 Å². The van der Waals surface area contributed by atoms with Gasteiger partial charge in [0.15, 0.2) is 5.78 Å². The van der Waals surface area contributed by atoms with Crippen molar-refractivity contribution in [1.29, 1.82) is 0 Å². The van der Waals surface area contributed by atoms with E-state index >= 15 is 0 Å². The van der Waals surface area contributed by atoms with Crippen LogP contribution in [0, 0.1) is 12.7 Å². The summed E-state index contributed by atoms with van der Waals surface area (Å²) >= 11 is 0. The van der Waals surface area contributed by atoms with Crippen molar-refractivity contribution in [2.75, 3.05) is 0 Å². The summed E-state index contributed by atoms with van der Waals surface area (Å²) in [6, 6.07) is 7.75. The van der Waals surface area contributed by atoms with Crippen LogP contribution in [0.15, 0.2) is 42.5 Å². The number of aryl methyl sites for hydroxylation is 1. The van der Waals surface area contributed by atoms with E-state index in [1.165, 1.54) is 12.1 Å². The number of ketones is 1. The first-order chi connectivity index (χ1) is 9.29. The van der Waals surface area contributed by atoms with Gasteiger partial charge in [0, 0.05) is 5.56 Å². The fraction of sp³-hybridized carbons (Fsp3) is 0.133. The molecule has 2 aromatic rings. The number of rotatable bonds is 2. The fourth-order valence-electron chi connectivity index (χ4n) is 1.78. The lowest BCUT2D eigenvalue weighted by molar-refractivity contribution is -0.137. The molecule has 0 saturated heterocycles. The Morgan fingerprint density at radius 1 is 1.00 bits per heavy atom. The Morgan fingerprint density at radius 3 is 2.15 bits per heavy atom. The van der Waals surface area contributed by atoms with Crippen LogP contribution in [0.25, 0.3) is 0 Å². The zero-order valence-corrected chi connectivity index (χ0v) is 10.5. The summed E-state index contributed by atoms with van der Waals surface area (Å²) in [5.74, 6) is -1.33. The Bertz CT molecular complexity index is 642. The van der Waals surface area contributed by atoms with Crippen LogP contribution >= 0.6 is 0 Å². The molecular formula is C15H10F4O. The largest absolute Gasteiger partial charge is 0.416 e. The summed E-state index contributed by atoms with van der Waals surface area (Å²) in [5, 5.41) is 0. The Morgan fingerprint density at radius 2 is 1.60 bits per heavy atom. The van der Waals surface area contributed by atoms with E-state index in [9.17, 15) is 22.4 Å². The third-order valence-electron chi connectivity index (χ3n) is 2.84. The van der Waals surface area contributed by atoms with Crippen molar-refractivity contribution in [2.24, 2.45) is 0 Å². The normalized spacial score (nSPS) is 11.4. The highest BCUT2D eigenvalue weighted by atomic mass is 19.4. The molecule has 20 heavy (non-hydrogen) atoms. The summed E-state index contributed by atoms with van der Waals surface area (Å²) in [7, 11) is 0. The third kappa shape index (κ3) is 2.87. The summed E-state index contributed by atoms with van der Waals surface area (Å²) in [5.41, 5.74) is -0.285. The zero-order chi connectivity index (χ0) is 14.9. The minimum absolute atomic E-state index is 0.0162. The van der Waals surface area contributed by atoms with E-state index in [4.69, 9.17) is 0 Å². The molecule has 0 atom stereocenters. The van der Waals surface area contributed by atoms with Crippen molar-refractivity contribution < 1.29 is 22.4 Å². The van der Waals surface area contributed by atoms with Crippen molar-refractivity contribution >= 4 is 5.78 Å². The number of alkyl halides is 3. The van der Waals surface area contributed by atoms with Crippen LogP contribution < -0.4 is 0 Å². The van der Waals surface area contributed by atoms with Crippen LogP contribution in [0.4, 0.5) is 17.6 Å². The predicted octanol–water partition coefficient (Wildman–Crippen LogP) is 4.38. The van der Waals surface area contributed by atoms with Crippen LogP contribution in [0.3, 0.4) is 0 Å². The lowest BCUT2D eigenvalue weighted by Gasteiger charge is -2.08. The molecule has 0 aliphatic heterocycles. The maximum atomic E-state index is 13.6. The van der Waals surface area contributed by atoms with Gasteiger partial charge in [0.05, 0.1) is 11.1 Å². The van der Waals surface area contributed by atoms with E-state index < -0.39 is 23.3 Å². The first-order valence-electron chi connectivity index (χ1n) is 5.77. The minimum atomic E-state index is -4.46. The van der Waals surface area contributed by atoms with Gasteiger partial charge in [-0.05, 0) is 31.2 Å². The van der Waals surface area contributed by atoms with Gasteiger partial charge in [0.25, 0.3) is 0 Å². The molecule has 0 saturated carbocycles. The Balaban J connectivity index is 2.37. The van der Waals surface area contributed by atoms with Crippen LogP contribution in [0.5, 0.6) is 0 Å². The standard InChI is InChI=1S/C15H10F4O/c1-9-2-7-13(16)12(8-9)14(20)10-3-5-11(6-4-10)15(17,18)19/h2-8H,1H3. The zero-order valence-electron chi connectivity index (χ0n) is 10.5. The lowest BCUT2D eigenvalue weighted by Crippen LogP contribution is -2.08. The molecule has 0 amide bonds. The number of hydrogen-bond acceptors (Lipinski definition) is 1. The summed E-state index contributed by atoms with van der Waals surface area (Å²) in [6.45, 7) is 1.70. The molecule has 0 aromatic heterocycles. The molecule has 0 fully saturated rings. The third-order valence-corrected chi connectivity index (χ3v) is 2.84. The van der Waals surface area contributed by atoms with E-state index in [0.717, 1.165) is 30.3 Å². The second-order valence-electron chi connectivity index (χ2n) is 4.39. The molecule has 0 spiro atoms. The van der Waals surface area contributed by atoms with E-state index in [2.05, 4.69) is 0 Å². The van der Waals surface area contributed by atoms with Crippen molar-refractivity contribution in [2.45, 2.75) is 13.1 Å². The van der Waals surface area contributed by atoms with Crippen molar-refractivity contribution in [1.82, 2.24) is 0 Å². The van der Waals surface area contributed by atoms with Crippen LogP contribution in [-0.2, 0) is 6.18 Å². The average molecular weight is 282 g/mol. The van der Waals surface area contributed by atoms with E-state index in [1.54, 1.807) is 6.92 Å². The number of carbonyl (C=O) groups is 1. The molecular weight excluding hydrogens is 272 g/mol. The lowest BCUT2D eigenvalue weighted by atomic mass is 10.00. The Kier molecular flexibility index (Phi) is 3.61. The van der Waals surface area contributed by atoms with Gasteiger partial charge in [-0.1, -0.05) is 23.8 Å². The number of hydrogen-bond donors (Lipinski definition) is 0. The number of benzene rings is 2. The topological polar surface area (TPSA) is 17.1 Å². The van der Waals surface area contributed by atoms with Crippen molar-refractivity contribution in [3.05, 3.63) is 70.5 Å². The number of carbonyl (C=O) groups excluding carboxylic acids is 1. The maximum absolute atomic E-state index is 13.6. The van der Waals surface area contributed by atoms with Gasteiger partial charge >= 0.3 is 6.18 Å². The van der Waals surface area contributed by atoms with Gasteiger partial charge in [-0.2, -0.15) is 13.2 Å². The first kappa shape index (κ1) is 14.2. The molecule has 0 N–H and O–H groups in total. The summed E-state index contributed by atoms with van der Waals surface area (Å²) in [4.78, 5) is 12.1. The molecule has 1 nitrogen and oxygen atoms in total. The van der Waals surface area contributed by atoms with Crippen LogP contribution in [0.1, 0.15) is 27.0 Å². The Hall–Kier alpha value is -2.17. The van der Waals surface area contributed by atoms with E-state index in [1.807, 2.05) is 0 Å². The van der Waals surface area contributed by atoms with Gasteiger partial charge in [-0.25, -0.2) is 4.39 Å². The van der Waals surface area contributed by atoms with Gasteiger partial charge in [0.1, 0.15) is 5.82 Å². The molecule has 0 unspecified atom stereocenters. The van der Waals surface area contributed by atoms with E-state index in [-0.39, 0.29) is 11.1 Å². The fourth-order valence-corrected chi connectivity index (χ4v) is 1.78. The summed E-state index contributed by atoms with van der Waals surface area (Å²) < 4.78 is 50.8. The first-order valence-corrected chi connectivity index (χ1v) is 5.77. The van der Waals surface area contributed by atoms with Gasteiger partial charge in [-0.15, -0.1) is 0 Å². The molecule has 5 heteroatoms. The SMILES string of the molecule is Cc1ccc(F)c(C(=O)c2ccc(C(F)(F)F)cc2)c1.